The van der Waals surface area contributed by atoms with Gasteiger partial charge in [0, 0.05) is 5.02 Å². The van der Waals surface area contributed by atoms with Crippen molar-refractivity contribution in [3.8, 4) is 5.69 Å². The first-order valence-corrected chi connectivity index (χ1v) is 6.88. The molecule has 0 spiro atoms. The minimum Gasteiger partial charge on any atom is -0.331 e. The van der Waals surface area contributed by atoms with E-state index in [0.29, 0.717) is 20.9 Å². The van der Waals surface area contributed by atoms with Crippen molar-refractivity contribution in [1.82, 2.24) is 9.55 Å². The highest BCUT2D eigenvalue weighted by Gasteiger charge is 2.10. The number of fused-ring (bicyclic) bond motifs is 1. The minimum atomic E-state index is -0.144. The highest BCUT2D eigenvalue weighted by molar-refractivity contribution is 7.71. The zero-order valence-electron chi connectivity index (χ0n) is 10.7. The number of hydrogen-bond donors (Lipinski definition) is 1. The van der Waals surface area contributed by atoms with Gasteiger partial charge < -0.3 is 4.98 Å². The van der Waals surface area contributed by atoms with Crippen LogP contribution < -0.4 is 5.56 Å². The number of aromatic amines is 1. The number of H-pyrrole nitrogens is 1. The summed E-state index contributed by atoms with van der Waals surface area (Å²) in [7, 11) is 0. The molecule has 3 nitrogen and oxygen atoms in total. The third kappa shape index (κ3) is 1.97. The first-order valence-electron chi connectivity index (χ1n) is 6.09. The predicted octanol–water partition coefficient (Wildman–Crippen LogP) is 4.01. The third-order valence-electron chi connectivity index (χ3n) is 3.29. The van der Waals surface area contributed by atoms with Crippen molar-refractivity contribution in [1.29, 1.82) is 0 Å². The summed E-state index contributed by atoms with van der Waals surface area (Å²) >= 11 is 11.4. The summed E-state index contributed by atoms with van der Waals surface area (Å²) in [5, 5.41) is 1.21. The Balaban J connectivity index is 2.46. The van der Waals surface area contributed by atoms with Crippen LogP contribution in [0.1, 0.15) is 5.56 Å². The number of benzene rings is 2. The predicted molar refractivity (Wildman–Crippen MR) is 84.5 cm³/mol. The van der Waals surface area contributed by atoms with E-state index in [-0.39, 0.29) is 5.56 Å². The first kappa shape index (κ1) is 13.1. The van der Waals surface area contributed by atoms with Crippen molar-refractivity contribution in [3.05, 3.63) is 68.2 Å². The van der Waals surface area contributed by atoms with Crippen LogP contribution in [0.25, 0.3) is 16.6 Å². The molecule has 2 aromatic carbocycles. The van der Waals surface area contributed by atoms with Crippen LogP contribution in [0, 0.1) is 11.7 Å². The third-order valence-corrected chi connectivity index (χ3v) is 3.98. The molecular weight excluding hydrogens is 292 g/mol. The summed E-state index contributed by atoms with van der Waals surface area (Å²) in [6, 6.07) is 12.7. The number of hydrogen-bond acceptors (Lipinski definition) is 2. The second-order valence-electron chi connectivity index (χ2n) is 4.50. The Kier molecular flexibility index (Phi) is 3.20. The molecule has 100 valence electrons. The van der Waals surface area contributed by atoms with Crippen LogP contribution in [-0.4, -0.2) is 9.55 Å². The second kappa shape index (κ2) is 4.89. The van der Waals surface area contributed by atoms with Crippen molar-refractivity contribution in [2.45, 2.75) is 6.92 Å². The lowest BCUT2D eigenvalue weighted by molar-refractivity contribution is 0.931. The Morgan fingerprint density at radius 1 is 1.15 bits per heavy atom. The molecule has 0 aliphatic carbocycles. The van der Waals surface area contributed by atoms with E-state index in [2.05, 4.69) is 4.98 Å². The molecule has 1 N–H and O–H groups in total. The Morgan fingerprint density at radius 2 is 1.90 bits per heavy atom. The average molecular weight is 303 g/mol. The van der Waals surface area contributed by atoms with Crippen molar-refractivity contribution >= 4 is 34.7 Å². The van der Waals surface area contributed by atoms with Gasteiger partial charge in [0.05, 0.1) is 16.6 Å². The molecule has 0 saturated heterocycles. The van der Waals surface area contributed by atoms with E-state index >= 15 is 0 Å². The topological polar surface area (TPSA) is 37.8 Å². The van der Waals surface area contributed by atoms with Gasteiger partial charge in [0.2, 0.25) is 0 Å². The number of rotatable bonds is 1. The van der Waals surface area contributed by atoms with Crippen LogP contribution in [0.15, 0.2) is 47.3 Å². The van der Waals surface area contributed by atoms with Crippen LogP contribution in [0.5, 0.6) is 0 Å². The van der Waals surface area contributed by atoms with E-state index in [1.807, 2.05) is 31.2 Å². The molecule has 0 saturated carbocycles. The zero-order chi connectivity index (χ0) is 14.3. The summed E-state index contributed by atoms with van der Waals surface area (Å²) in [6.07, 6.45) is 0. The molecule has 1 aromatic heterocycles. The maximum absolute atomic E-state index is 12.6. The summed E-state index contributed by atoms with van der Waals surface area (Å²) in [4.78, 5) is 15.7. The fourth-order valence-electron chi connectivity index (χ4n) is 2.22. The van der Waals surface area contributed by atoms with Crippen LogP contribution in [-0.2, 0) is 0 Å². The summed E-state index contributed by atoms with van der Waals surface area (Å²) in [6.45, 7) is 1.87. The van der Waals surface area contributed by atoms with E-state index < -0.39 is 0 Å². The number of nitrogens with one attached hydrogen (secondary N) is 1. The van der Waals surface area contributed by atoms with E-state index in [9.17, 15) is 4.79 Å². The molecule has 0 unspecified atom stereocenters. The second-order valence-corrected chi connectivity index (χ2v) is 5.29. The molecule has 0 atom stereocenters. The van der Waals surface area contributed by atoms with E-state index in [1.54, 1.807) is 18.2 Å². The van der Waals surface area contributed by atoms with E-state index in [1.165, 1.54) is 4.57 Å². The van der Waals surface area contributed by atoms with Gasteiger partial charge in [-0.05, 0) is 49.0 Å². The van der Waals surface area contributed by atoms with Crippen LogP contribution in [0.2, 0.25) is 5.02 Å². The highest BCUT2D eigenvalue weighted by Crippen LogP contribution is 2.21. The van der Waals surface area contributed by atoms with Crippen LogP contribution in [0.3, 0.4) is 0 Å². The summed E-state index contributed by atoms with van der Waals surface area (Å²) < 4.78 is 1.85. The van der Waals surface area contributed by atoms with Gasteiger partial charge in [0.15, 0.2) is 4.77 Å². The number of halogens is 1. The van der Waals surface area contributed by atoms with Gasteiger partial charge in [-0.3, -0.25) is 9.36 Å². The van der Waals surface area contributed by atoms with Crippen LogP contribution in [0.4, 0.5) is 0 Å². The molecule has 3 rings (SSSR count). The van der Waals surface area contributed by atoms with E-state index in [0.717, 1.165) is 11.1 Å². The molecule has 0 radical (unpaired) electrons. The summed E-state index contributed by atoms with van der Waals surface area (Å²) in [5.41, 5.74) is 2.12. The number of nitrogens with zero attached hydrogens (tertiary/aromatic N) is 1. The number of aromatic nitrogens is 2. The monoisotopic (exact) mass is 302 g/mol. The quantitative estimate of drug-likeness (QED) is 0.690. The fraction of sp³-hybridized carbons (Fsp3) is 0.0667. The molecule has 5 heteroatoms. The molecule has 20 heavy (non-hydrogen) atoms. The standard InChI is InChI=1S/C15H11ClN2OS/c1-9-11(16)6-4-8-13(9)18-14(19)10-5-2-3-7-12(10)17-15(18)20/h2-8H,1H3,(H,17,20). The van der Waals surface area contributed by atoms with Gasteiger partial charge in [-0.2, -0.15) is 0 Å². The molecular formula is C15H11ClN2OS. The van der Waals surface area contributed by atoms with Crippen molar-refractivity contribution in [3.63, 3.8) is 0 Å². The van der Waals surface area contributed by atoms with Gasteiger partial charge in [0.25, 0.3) is 5.56 Å². The lowest BCUT2D eigenvalue weighted by atomic mass is 10.2. The minimum absolute atomic E-state index is 0.144. The first-order chi connectivity index (χ1) is 9.59. The lowest BCUT2D eigenvalue weighted by Gasteiger charge is -2.11. The molecule has 0 fully saturated rings. The molecule has 3 aromatic rings. The normalized spacial score (nSPS) is 10.9. The van der Waals surface area contributed by atoms with Gasteiger partial charge >= 0.3 is 0 Å². The molecule has 0 bridgehead atoms. The Morgan fingerprint density at radius 3 is 2.70 bits per heavy atom. The van der Waals surface area contributed by atoms with Gasteiger partial charge in [-0.15, -0.1) is 0 Å². The number of para-hydroxylation sites is 1. The molecule has 0 aliphatic heterocycles. The Labute approximate surface area is 125 Å². The zero-order valence-corrected chi connectivity index (χ0v) is 12.3. The molecule has 0 amide bonds. The van der Waals surface area contributed by atoms with Gasteiger partial charge in [0.1, 0.15) is 0 Å². The fourth-order valence-corrected chi connectivity index (χ4v) is 2.68. The van der Waals surface area contributed by atoms with Crippen molar-refractivity contribution in [2.24, 2.45) is 0 Å². The molecule has 0 aliphatic rings. The van der Waals surface area contributed by atoms with Crippen molar-refractivity contribution in [2.75, 3.05) is 0 Å². The van der Waals surface area contributed by atoms with Crippen LogP contribution >= 0.6 is 23.8 Å². The SMILES string of the molecule is Cc1c(Cl)cccc1-n1c(=S)[nH]c2ccccc2c1=O. The molecule has 1 heterocycles. The highest BCUT2D eigenvalue weighted by atomic mass is 35.5. The maximum Gasteiger partial charge on any atom is 0.266 e. The van der Waals surface area contributed by atoms with Gasteiger partial charge in [-0.25, -0.2) is 0 Å². The lowest BCUT2D eigenvalue weighted by Crippen LogP contribution is -2.21. The van der Waals surface area contributed by atoms with Crippen molar-refractivity contribution < 1.29 is 0 Å². The van der Waals surface area contributed by atoms with Gasteiger partial charge in [-0.1, -0.05) is 29.8 Å². The smallest absolute Gasteiger partial charge is 0.266 e. The largest absolute Gasteiger partial charge is 0.331 e. The maximum atomic E-state index is 12.6. The average Bonchev–Trinajstić information content (AvgIpc) is 2.43. The Bertz CT molecular complexity index is 927. The Hall–Kier alpha value is -1.91. The van der Waals surface area contributed by atoms with E-state index in [4.69, 9.17) is 23.8 Å². The summed E-state index contributed by atoms with van der Waals surface area (Å²) in [5.74, 6) is 0.